The molecule has 0 aliphatic heterocycles. The van der Waals surface area contributed by atoms with Crippen LogP contribution < -0.4 is 4.74 Å². The molecule has 0 spiro atoms. The zero-order valence-electron chi connectivity index (χ0n) is 8.68. The largest absolute Gasteiger partial charge is 0.573 e. The van der Waals surface area contributed by atoms with E-state index in [9.17, 15) is 18.3 Å². The summed E-state index contributed by atoms with van der Waals surface area (Å²) in [5.74, 6) is 2.20. The fourth-order valence-corrected chi connectivity index (χ4v) is 1.67. The predicted molar refractivity (Wildman–Crippen MR) is 64.5 cm³/mol. The minimum atomic E-state index is -4.72. The summed E-state index contributed by atoms with van der Waals surface area (Å²) in [6, 6.07) is 4.93. The summed E-state index contributed by atoms with van der Waals surface area (Å²) in [7, 11) is 0. The molecule has 1 N–H and O–H groups in total. The van der Waals surface area contributed by atoms with Gasteiger partial charge in [0, 0.05) is 22.6 Å². The highest BCUT2D eigenvalue weighted by atomic mass is 127. The van der Waals surface area contributed by atoms with E-state index in [0.29, 0.717) is 5.56 Å². The third kappa shape index (κ3) is 4.44. The molecule has 0 saturated heterocycles. The first-order chi connectivity index (χ1) is 7.74. The molecular formula is C11H8F3IO2. The molecule has 1 aromatic rings. The molecule has 0 amide bonds. The molecule has 1 unspecified atom stereocenters. The van der Waals surface area contributed by atoms with Gasteiger partial charge in [0.1, 0.15) is 11.4 Å². The van der Waals surface area contributed by atoms with E-state index in [0.717, 1.165) is 12.1 Å². The molecule has 0 radical (unpaired) electrons. The number of hydrogen-bond donors (Lipinski definition) is 1. The molecule has 92 valence electrons. The lowest BCUT2D eigenvalue weighted by molar-refractivity contribution is -0.274. The number of alkyl halides is 3. The summed E-state index contributed by atoms with van der Waals surface area (Å²) in [5.41, 5.74) is -0.992. The molecule has 0 aliphatic rings. The predicted octanol–water partition coefficient (Wildman–Crippen LogP) is 3.19. The van der Waals surface area contributed by atoms with Gasteiger partial charge in [-0.05, 0) is 28.5 Å². The Labute approximate surface area is 110 Å². The van der Waals surface area contributed by atoms with Crippen LogP contribution in [0.5, 0.6) is 5.75 Å². The lowest BCUT2D eigenvalue weighted by Crippen LogP contribution is -2.19. The molecular weight excluding hydrogens is 348 g/mol. The van der Waals surface area contributed by atoms with Crippen LogP contribution in [0.3, 0.4) is 0 Å². The first-order valence-electron chi connectivity index (χ1n) is 4.46. The van der Waals surface area contributed by atoms with Crippen LogP contribution in [-0.2, 0) is 5.60 Å². The van der Waals surface area contributed by atoms with Crippen LogP contribution in [0.25, 0.3) is 0 Å². The first kappa shape index (κ1) is 14.1. The minimum absolute atomic E-state index is 0.334. The standard InChI is InChI=1S/C11H8F3IO2/c1-10(16,6-7-15)8-2-4-9(5-3-8)17-11(12,13)14/h2-5,16H,1H3. The van der Waals surface area contributed by atoms with Gasteiger partial charge in [0.05, 0.1) is 0 Å². The molecule has 0 heterocycles. The van der Waals surface area contributed by atoms with E-state index in [1.54, 1.807) is 22.6 Å². The zero-order chi connectivity index (χ0) is 13.1. The van der Waals surface area contributed by atoms with E-state index < -0.39 is 12.0 Å². The highest BCUT2D eigenvalue weighted by Gasteiger charge is 2.31. The van der Waals surface area contributed by atoms with Gasteiger partial charge in [-0.2, -0.15) is 0 Å². The number of benzene rings is 1. The number of halogens is 4. The maximum atomic E-state index is 11.9. The number of ether oxygens (including phenoxy) is 1. The molecule has 6 heteroatoms. The van der Waals surface area contributed by atoms with Crippen molar-refractivity contribution in [2.75, 3.05) is 0 Å². The fourth-order valence-electron chi connectivity index (χ4n) is 1.15. The van der Waals surface area contributed by atoms with E-state index in [1.807, 2.05) is 0 Å². The maximum absolute atomic E-state index is 11.9. The van der Waals surface area contributed by atoms with Gasteiger partial charge in [0.2, 0.25) is 0 Å². The molecule has 2 nitrogen and oxygen atoms in total. The van der Waals surface area contributed by atoms with Crippen molar-refractivity contribution in [1.29, 1.82) is 0 Å². The van der Waals surface area contributed by atoms with Crippen molar-refractivity contribution in [2.45, 2.75) is 18.9 Å². The molecule has 0 saturated carbocycles. The topological polar surface area (TPSA) is 29.5 Å². The molecule has 0 aliphatic carbocycles. The van der Waals surface area contributed by atoms with Gasteiger partial charge < -0.3 is 9.84 Å². The molecule has 1 atom stereocenters. The monoisotopic (exact) mass is 356 g/mol. The quantitative estimate of drug-likeness (QED) is 0.652. The lowest BCUT2D eigenvalue weighted by Gasteiger charge is -2.17. The highest BCUT2D eigenvalue weighted by molar-refractivity contribution is 14.1. The summed E-state index contributed by atoms with van der Waals surface area (Å²) >= 11 is 1.77. The van der Waals surface area contributed by atoms with Gasteiger partial charge in [0.15, 0.2) is 0 Å². The third-order valence-corrected chi connectivity index (χ3v) is 2.21. The summed E-state index contributed by atoms with van der Waals surface area (Å²) in [6.07, 6.45) is -4.72. The van der Waals surface area contributed by atoms with E-state index in [2.05, 4.69) is 14.6 Å². The summed E-state index contributed by atoms with van der Waals surface area (Å²) in [5, 5.41) is 9.87. The van der Waals surface area contributed by atoms with E-state index in [-0.39, 0.29) is 5.75 Å². The van der Waals surface area contributed by atoms with Crippen LogP contribution in [0, 0.1) is 9.85 Å². The van der Waals surface area contributed by atoms with Gasteiger partial charge in [-0.3, -0.25) is 0 Å². The Kier molecular flexibility index (Phi) is 4.27. The van der Waals surface area contributed by atoms with Crippen LogP contribution >= 0.6 is 22.6 Å². The van der Waals surface area contributed by atoms with Gasteiger partial charge in [0.25, 0.3) is 0 Å². The third-order valence-electron chi connectivity index (χ3n) is 1.94. The molecule has 1 aromatic carbocycles. The van der Waals surface area contributed by atoms with Crippen molar-refractivity contribution in [3.05, 3.63) is 29.8 Å². The number of hydrogen-bond acceptors (Lipinski definition) is 2. The molecule has 1 rings (SSSR count). The fraction of sp³-hybridized carbons (Fsp3) is 0.273. The SMILES string of the molecule is CC(O)(C#CI)c1ccc(OC(F)(F)F)cc1. The van der Waals surface area contributed by atoms with Gasteiger partial charge >= 0.3 is 6.36 Å². The maximum Gasteiger partial charge on any atom is 0.573 e. The number of aliphatic hydroxyl groups is 1. The van der Waals surface area contributed by atoms with Crippen LogP contribution in [0.1, 0.15) is 12.5 Å². The van der Waals surface area contributed by atoms with Crippen molar-refractivity contribution in [3.63, 3.8) is 0 Å². The van der Waals surface area contributed by atoms with Crippen molar-refractivity contribution in [3.8, 4) is 15.6 Å². The van der Waals surface area contributed by atoms with Gasteiger partial charge in [-0.1, -0.05) is 18.1 Å². The Hall–Kier alpha value is -0.940. The van der Waals surface area contributed by atoms with Gasteiger partial charge in [-0.15, -0.1) is 13.2 Å². The Morgan fingerprint density at radius 1 is 1.24 bits per heavy atom. The minimum Gasteiger partial charge on any atom is -0.406 e. The second kappa shape index (κ2) is 5.14. The van der Waals surface area contributed by atoms with Crippen LogP contribution in [-0.4, -0.2) is 11.5 Å². The lowest BCUT2D eigenvalue weighted by atomic mass is 9.97. The van der Waals surface area contributed by atoms with Crippen molar-refractivity contribution < 1.29 is 23.0 Å². The second-order valence-corrected chi connectivity index (χ2v) is 3.90. The normalized spacial score (nSPS) is 14.5. The van der Waals surface area contributed by atoms with Crippen LogP contribution in [0.15, 0.2) is 24.3 Å². The number of rotatable bonds is 2. The van der Waals surface area contributed by atoms with Gasteiger partial charge in [-0.25, -0.2) is 0 Å². The smallest absolute Gasteiger partial charge is 0.406 e. The van der Waals surface area contributed by atoms with E-state index in [1.165, 1.54) is 19.1 Å². The van der Waals surface area contributed by atoms with E-state index in [4.69, 9.17) is 0 Å². The Morgan fingerprint density at radius 2 is 1.76 bits per heavy atom. The highest BCUT2D eigenvalue weighted by Crippen LogP contribution is 2.26. The molecule has 0 fully saturated rings. The summed E-state index contributed by atoms with van der Waals surface area (Å²) < 4.78 is 41.9. The molecule has 0 aromatic heterocycles. The average Bonchev–Trinajstić information content (AvgIpc) is 2.15. The first-order valence-corrected chi connectivity index (χ1v) is 5.54. The van der Waals surface area contributed by atoms with Crippen LogP contribution in [0.4, 0.5) is 13.2 Å². The molecule has 17 heavy (non-hydrogen) atoms. The average molecular weight is 356 g/mol. The summed E-state index contributed by atoms with van der Waals surface area (Å²) in [4.78, 5) is 0. The van der Waals surface area contributed by atoms with E-state index >= 15 is 0 Å². The summed E-state index contributed by atoms with van der Waals surface area (Å²) in [6.45, 7) is 1.46. The van der Waals surface area contributed by atoms with Crippen LogP contribution in [0.2, 0.25) is 0 Å². The molecule has 0 bridgehead atoms. The Bertz CT molecular complexity index is 441. The van der Waals surface area contributed by atoms with Crippen molar-refractivity contribution in [1.82, 2.24) is 0 Å². The Morgan fingerprint density at radius 3 is 2.18 bits per heavy atom. The Balaban J connectivity index is 2.91. The zero-order valence-corrected chi connectivity index (χ0v) is 10.8. The van der Waals surface area contributed by atoms with Crippen molar-refractivity contribution in [2.24, 2.45) is 0 Å². The second-order valence-electron chi connectivity index (χ2n) is 3.36. The van der Waals surface area contributed by atoms with Crippen molar-refractivity contribution >= 4 is 22.6 Å².